The summed E-state index contributed by atoms with van der Waals surface area (Å²) < 4.78 is 13.8. The maximum atomic E-state index is 13.8. The van der Waals surface area contributed by atoms with Crippen molar-refractivity contribution in [3.05, 3.63) is 34.1 Å². The van der Waals surface area contributed by atoms with E-state index in [2.05, 4.69) is 19.2 Å². The lowest BCUT2D eigenvalue weighted by Crippen LogP contribution is -2.41. The smallest absolute Gasteiger partial charge is 0.272 e. The Hall–Kier alpha value is -1.30. The van der Waals surface area contributed by atoms with E-state index >= 15 is 0 Å². The van der Waals surface area contributed by atoms with Gasteiger partial charge in [-0.25, -0.2) is 4.39 Å². The Kier molecular flexibility index (Phi) is 3.99. The maximum absolute atomic E-state index is 13.8. The van der Waals surface area contributed by atoms with E-state index in [9.17, 15) is 14.5 Å². The van der Waals surface area contributed by atoms with Crippen LogP contribution in [0.2, 0.25) is 0 Å². The molecule has 1 aromatic rings. The standard InChI is InChI=1S/C13H17FN2O2S/c1-13(2)5-6-19-8-12(13)15-11-4-3-9(16(17)18)7-10(11)14/h3-4,7,12,15H,5-6,8H2,1-2H3. The fourth-order valence-electron chi connectivity index (χ4n) is 2.10. The first-order valence-corrected chi connectivity index (χ1v) is 7.34. The molecule has 1 aromatic carbocycles. The molecule has 0 saturated carbocycles. The maximum Gasteiger partial charge on any atom is 0.272 e. The van der Waals surface area contributed by atoms with Crippen molar-refractivity contribution in [2.45, 2.75) is 26.3 Å². The molecule has 0 radical (unpaired) electrons. The summed E-state index contributed by atoms with van der Waals surface area (Å²) in [5.74, 6) is 1.47. The molecule has 1 saturated heterocycles. The summed E-state index contributed by atoms with van der Waals surface area (Å²) in [5, 5.41) is 13.8. The van der Waals surface area contributed by atoms with Gasteiger partial charge in [-0.2, -0.15) is 11.8 Å². The highest BCUT2D eigenvalue weighted by atomic mass is 32.2. The summed E-state index contributed by atoms with van der Waals surface area (Å²) in [6, 6.07) is 3.91. The number of thioether (sulfide) groups is 1. The molecule has 0 bridgehead atoms. The molecular weight excluding hydrogens is 267 g/mol. The van der Waals surface area contributed by atoms with Gasteiger partial charge in [-0.05, 0) is 23.7 Å². The highest BCUT2D eigenvalue weighted by Crippen LogP contribution is 2.36. The lowest BCUT2D eigenvalue weighted by atomic mass is 9.82. The van der Waals surface area contributed by atoms with Crippen LogP contribution in [-0.4, -0.2) is 22.5 Å². The van der Waals surface area contributed by atoms with Crippen LogP contribution in [0.5, 0.6) is 0 Å². The zero-order valence-corrected chi connectivity index (χ0v) is 11.8. The number of rotatable bonds is 3. The van der Waals surface area contributed by atoms with Gasteiger partial charge >= 0.3 is 0 Å². The molecule has 0 aromatic heterocycles. The third-order valence-corrected chi connectivity index (χ3v) is 4.67. The van der Waals surface area contributed by atoms with Gasteiger partial charge in [-0.1, -0.05) is 13.8 Å². The monoisotopic (exact) mass is 284 g/mol. The highest BCUT2D eigenvalue weighted by Gasteiger charge is 2.33. The summed E-state index contributed by atoms with van der Waals surface area (Å²) in [7, 11) is 0. The van der Waals surface area contributed by atoms with E-state index in [0.717, 1.165) is 24.0 Å². The molecule has 2 rings (SSSR count). The zero-order chi connectivity index (χ0) is 14.0. The molecule has 104 valence electrons. The quantitative estimate of drug-likeness (QED) is 0.679. The van der Waals surface area contributed by atoms with Crippen LogP contribution in [0.4, 0.5) is 15.8 Å². The summed E-state index contributed by atoms with van der Waals surface area (Å²) in [5.41, 5.74) is 0.214. The van der Waals surface area contributed by atoms with Gasteiger partial charge in [0.2, 0.25) is 0 Å². The van der Waals surface area contributed by atoms with Crippen molar-refractivity contribution < 1.29 is 9.31 Å². The molecule has 0 amide bonds. The van der Waals surface area contributed by atoms with Gasteiger partial charge in [0.1, 0.15) is 0 Å². The van der Waals surface area contributed by atoms with Crippen LogP contribution in [0.25, 0.3) is 0 Å². The Bertz CT molecular complexity index is 494. The Morgan fingerprint density at radius 1 is 1.53 bits per heavy atom. The zero-order valence-electron chi connectivity index (χ0n) is 11.0. The van der Waals surface area contributed by atoms with Crippen LogP contribution in [-0.2, 0) is 0 Å². The molecule has 4 nitrogen and oxygen atoms in total. The van der Waals surface area contributed by atoms with Gasteiger partial charge in [-0.15, -0.1) is 0 Å². The molecule has 1 N–H and O–H groups in total. The van der Waals surface area contributed by atoms with Crippen molar-refractivity contribution in [3.63, 3.8) is 0 Å². The van der Waals surface area contributed by atoms with Crippen molar-refractivity contribution in [2.75, 3.05) is 16.8 Å². The SMILES string of the molecule is CC1(C)CCSCC1Nc1ccc([N+](=O)[O-])cc1F. The molecule has 1 heterocycles. The van der Waals surface area contributed by atoms with Gasteiger partial charge in [0.15, 0.2) is 5.82 Å². The van der Waals surface area contributed by atoms with E-state index in [1.807, 2.05) is 11.8 Å². The van der Waals surface area contributed by atoms with Crippen molar-refractivity contribution >= 4 is 23.1 Å². The third-order valence-electron chi connectivity index (χ3n) is 3.61. The topological polar surface area (TPSA) is 55.2 Å². The lowest BCUT2D eigenvalue weighted by molar-refractivity contribution is -0.385. The van der Waals surface area contributed by atoms with Crippen LogP contribution in [0.1, 0.15) is 20.3 Å². The van der Waals surface area contributed by atoms with Gasteiger partial charge < -0.3 is 5.32 Å². The summed E-state index contributed by atoms with van der Waals surface area (Å²) in [6.07, 6.45) is 1.07. The number of non-ortho nitro benzene ring substituents is 1. The van der Waals surface area contributed by atoms with Gasteiger partial charge in [0.05, 0.1) is 16.7 Å². The Balaban J connectivity index is 2.17. The fourth-order valence-corrected chi connectivity index (χ4v) is 3.70. The molecule has 19 heavy (non-hydrogen) atoms. The lowest BCUT2D eigenvalue weighted by Gasteiger charge is -2.39. The Labute approximate surface area is 115 Å². The van der Waals surface area contributed by atoms with Crippen LogP contribution < -0.4 is 5.32 Å². The minimum atomic E-state index is -0.590. The average Bonchev–Trinajstić information content (AvgIpc) is 2.33. The average molecular weight is 284 g/mol. The number of anilines is 1. The predicted octanol–water partition coefficient (Wildman–Crippen LogP) is 3.68. The molecule has 1 aliphatic rings. The van der Waals surface area contributed by atoms with E-state index in [0.29, 0.717) is 5.69 Å². The van der Waals surface area contributed by atoms with Gasteiger partial charge in [0.25, 0.3) is 5.69 Å². The second-order valence-corrected chi connectivity index (χ2v) is 6.58. The minimum Gasteiger partial charge on any atom is -0.379 e. The number of hydrogen-bond donors (Lipinski definition) is 1. The number of hydrogen-bond acceptors (Lipinski definition) is 4. The van der Waals surface area contributed by atoms with E-state index in [1.165, 1.54) is 12.1 Å². The van der Waals surface area contributed by atoms with Crippen LogP contribution >= 0.6 is 11.8 Å². The van der Waals surface area contributed by atoms with Crippen LogP contribution in [0.3, 0.4) is 0 Å². The first-order chi connectivity index (χ1) is 8.90. The number of halogens is 1. The number of nitro benzene ring substituents is 1. The predicted molar refractivity (Wildman–Crippen MR) is 76.2 cm³/mol. The van der Waals surface area contributed by atoms with E-state index in [-0.39, 0.29) is 17.1 Å². The van der Waals surface area contributed by atoms with Crippen LogP contribution in [0, 0.1) is 21.3 Å². The molecule has 0 aliphatic carbocycles. The molecule has 1 fully saturated rings. The van der Waals surface area contributed by atoms with Crippen molar-refractivity contribution in [2.24, 2.45) is 5.41 Å². The van der Waals surface area contributed by atoms with Crippen LogP contribution in [0.15, 0.2) is 18.2 Å². The third kappa shape index (κ3) is 3.18. The van der Waals surface area contributed by atoms with E-state index in [1.54, 1.807) is 0 Å². The van der Waals surface area contributed by atoms with Crippen molar-refractivity contribution in [1.82, 2.24) is 0 Å². The van der Waals surface area contributed by atoms with Gasteiger partial charge in [0, 0.05) is 17.9 Å². The second-order valence-electron chi connectivity index (χ2n) is 5.43. The highest BCUT2D eigenvalue weighted by molar-refractivity contribution is 7.99. The summed E-state index contributed by atoms with van der Waals surface area (Å²) in [6.45, 7) is 4.32. The first-order valence-electron chi connectivity index (χ1n) is 6.18. The summed E-state index contributed by atoms with van der Waals surface area (Å²) >= 11 is 1.85. The number of nitrogens with one attached hydrogen (secondary N) is 1. The van der Waals surface area contributed by atoms with Crippen molar-refractivity contribution in [1.29, 1.82) is 0 Å². The molecule has 1 unspecified atom stereocenters. The number of nitrogens with zero attached hydrogens (tertiary/aromatic N) is 1. The Morgan fingerprint density at radius 3 is 2.84 bits per heavy atom. The largest absolute Gasteiger partial charge is 0.379 e. The number of nitro groups is 1. The summed E-state index contributed by atoms with van der Waals surface area (Å²) in [4.78, 5) is 9.98. The Morgan fingerprint density at radius 2 is 2.26 bits per heavy atom. The fraction of sp³-hybridized carbons (Fsp3) is 0.538. The normalized spacial score (nSPS) is 21.9. The molecule has 1 aliphatic heterocycles. The van der Waals surface area contributed by atoms with Crippen molar-refractivity contribution in [3.8, 4) is 0 Å². The molecule has 0 spiro atoms. The van der Waals surface area contributed by atoms with Gasteiger partial charge in [-0.3, -0.25) is 10.1 Å². The molecule has 6 heteroatoms. The molecular formula is C13H17FN2O2S. The van der Waals surface area contributed by atoms with E-state index < -0.39 is 10.7 Å². The second kappa shape index (κ2) is 5.36. The molecule has 1 atom stereocenters. The van der Waals surface area contributed by atoms with E-state index in [4.69, 9.17) is 0 Å². The minimum absolute atomic E-state index is 0.0967. The first kappa shape index (κ1) is 14.1. The number of benzene rings is 1.